The van der Waals surface area contributed by atoms with Crippen molar-refractivity contribution in [1.29, 1.82) is 0 Å². The fraction of sp³-hybridized carbons (Fsp3) is 0.286. The number of aromatic amines is 1. The molecule has 2 aromatic rings. The summed E-state index contributed by atoms with van der Waals surface area (Å²) in [5.41, 5.74) is 0. The quantitative estimate of drug-likeness (QED) is 0.666. The molecular weight excluding hydrogens is 272 g/mol. The van der Waals surface area contributed by atoms with Crippen molar-refractivity contribution in [3.05, 3.63) is 30.5 Å². The highest BCUT2D eigenvalue weighted by Gasteiger charge is 2.49. The van der Waals surface area contributed by atoms with Crippen LogP contribution in [0.25, 0.3) is 11.6 Å². The summed E-state index contributed by atoms with van der Waals surface area (Å²) in [5, 5.41) is 6.67. The minimum absolute atomic E-state index is 0.0887. The number of amides is 2. The molecule has 3 heterocycles. The first-order valence-corrected chi connectivity index (χ1v) is 6.75. The molecule has 106 valence electrons. The van der Waals surface area contributed by atoms with E-state index in [2.05, 4.69) is 15.2 Å². The Kier molecular flexibility index (Phi) is 2.53. The molecule has 1 aliphatic heterocycles. The van der Waals surface area contributed by atoms with Crippen molar-refractivity contribution in [3.8, 4) is 11.6 Å². The number of H-pyrrole nitrogens is 1. The molecule has 0 aromatic carbocycles. The van der Waals surface area contributed by atoms with Gasteiger partial charge in [-0.15, -0.1) is 5.10 Å². The second kappa shape index (κ2) is 4.41. The lowest BCUT2D eigenvalue weighted by molar-refractivity contribution is -0.122. The van der Waals surface area contributed by atoms with E-state index in [-0.39, 0.29) is 29.6 Å². The number of carbonyl (C=O) groups excluding carboxylic acids is 2. The molecule has 0 saturated carbocycles. The van der Waals surface area contributed by atoms with Crippen LogP contribution in [-0.2, 0) is 9.59 Å². The van der Waals surface area contributed by atoms with Crippen molar-refractivity contribution in [2.75, 3.05) is 4.90 Å². The van der Waals surface area contributed by atoms with Crippen LogP contribution < -0.4 is 4.90 Å². The number of hydrogen-bond acceptors (Lipinski definition) is 5. The van der Waals surface area contributed by atoms with Gasteiger partial charge in [-0.25, -0.2) is 4.90 Å². The maximum absolute atomic E-state index is 12.4. The third-order valence-corrected chi connectivity index (χ3v) is 3.94. The highest BCUT2D eigenvalue weighted by atomic mass is 16.3. The highest BCUT2D eigenvalue weighted by molar-refractivity contribution is 6.21. The molecule has 0 radical (unpaired) electrons. The first kappa shape index (κ1) is 12.1. The van der Waals surface area contributed by atoms with Gasteiger partial charge < -0.3 is 4.42 Å². The van der Waals surface area contributed by atoms with Crippen LogP contribution in [0.5, 0.6) is 0 Å². The Morgan fingerprint density at radius 2 is 1.90 bits per heavy atom. The Morgan fingerprint density at radius 3 is 2.52 bits per heavy atom. The second-order valence-corrected chi connectivity index (χ2v) is 5.13. The average molecular weight is 284 g/mol. The van der Waals surface area contributed by atoms with Gasteiger partial charge in [0.15, 0.2) is 11.6 Å². The largest absolute Gasteiger partial charge is 0.461 e. The Bertz CT molecular complexity index is 705. The number of allylic oxidation sites excluding steroid dienone is 2. The molecule has 1 aliphatic carbocycles. The topological polar surface area (TPSA) is 92.1 Å². The van der Waals surface area contributed by atoms with E-state index in [4.69, 9.17) is 4.42 Å². The van der Waals surface area contributed by atoms with Crippen LogP contribution >= 0.6 is 0 Å². The Morgan fingerprint density at radius 1 is 1.19 bits per heavy atom. The molecule has 2 aliphatic rings. The Balaban J connectivity index is 1.68. The van der Waals surface area contributed by atoms with Gasteiger partial charge >= 0.3 is 0 Å². The van der Waals surface area contributed by atoms with Crippen molar-refractivity contribution >= 4 is 17.8 Å². The summed E-state index contributed by atoms with van der Waals surface area (Å²) in [6.45, 7) is 0. The van der Waals surface area contributed by atoms with Gasteiger partial charge in [0.1, 0.15) is 0 Å². The number of fused-ring (bicyclic) bond motifs is 1. The van der Waals surface area contributed by atoms with Crippen LogP contribution in [0.2, 0.25) is 0 Å². The van der Waals surface area contributed by atoms with Gasteiger partial charge in [0.25, 0.3) is 5.95 Å². The number of nitrogens with zero attached hydrogens (tertiary/aromatic N) is 3. The lowest BCUT2D eigenvalue weighted by Gasteiger charge is -2.14. The van der Waals surface area contributed by atoms with Gasteiger partial charge in [0, 0.05) is 0 Å². The van der Waals surface area contributed by atoms with E-state index in [0.717, 1.165) is 4.90 Å². The summed E-state index contributed by atoms with van der Waals surface area (Å²) in [6.07, 6.45) is 6.61. The summed E-state index contributed by atoms with van der Waals surface area (Å²) in [5.74, 6) is -0.0267. The fourth-order valence-electron chi connectivity index (χ4n) is 2.87. The number of hydrogen-bond donors (Lipinski definition) is 1. The second-order valence-electron chi connectivity index (χ2n) is 5.13. The van der Waals surface area contributed by atoms with E-state index in [1.54, 1.807) is 12.1 Å². The molecule has 0 spiro atoms. The lowest BCUT2D eigenvalue weighted by Crippen LogP contribution is -2.31. The number of nitrogens with one attached hydrogen (secondary N) is 1. The normalized spacial score (nSPS) is 24.7. The number of aromatic nitrogens is 3. The molecule has 2 atom stereocenters. The monoisotopic (exact) mass is 284 g/mol. The molecule has 7 nitrogen and oxygen atoms in total. The zero-order chi connectivity index (χ0) is 14.4. The van der Waals surface area contributed by atoms with Crippen LogP contribution in [0, 0.1) is 11.8 Å². The summed E-state index contributed by atoms with van der Waals surface area (Å²) >= 11 is 0. The maximum Gasteiger partial charge on any atom is 0.258 e. The van der Waals surface area contributed by atoms with E-state index in [9.17, 15) is 9.59 Å². The molecule has 1 N–H and O–H groups in total. The van der Waals surface area contributed by atoms with E-state index in [1.807, 2.05) is 12.2 Å². The molecule has 4 rings (SSSR count). The van der Waals surface area contributed by atoms with Gasteiger partial charge in [-0.3, -0.25) is 14.7 Å². The van der Waals surface area contributed by atoms with Crippen LogP contribution in [0.4, 0.5) is 5.95 Å². The summed E-state index contributed by atoms with van der Waals surface area (Å²) in [7, 11) is 0. The summed E-state index contributed by atoms with van der Waals surface area (Å²) < 4.78 is 5.21. The number of imide groups is 1. The van der Waals surface area contributed by atoms with Crippen LogP contribution in [-0.4, -0.2) is 27.0 Å². The number of furan rings is 1. The number of carbonyl (C=O) groups is 2. The van der Waals surface area contributed by atoms with E-state index < -0.39 is 0 Å². The van der Waals surface area contributed by atoms with Crippen LogP contribution in [0.3, 0.4) is 0 Å². The smallest absolute Gasteiger partial charge is 0.258 e. The zero-order valence-electron chi connectivity index (χ0n) is 11.0. The molecule has 2 amide bonds. The molecule has 1 fully saturated rings. The maximum atomic E-state index is 12.4. The third kappa shape index (κ3) is 1.74. The van der Waals surface area contributed by atoms with Gasteiger partial charge in [-0.2, -0.15) is 4.98 Å². The first-order chi connectivity index (χ1) is 10.3. The predicted molar refractivity (Wildman–Crippen MR) is 71.9 cm³/mol. The van der Waals surface area contributed by atoms with Gasteiger partial charge in [-0.1, -0.05) is 12.2 Å². The summed E-state index contributed by atoms with van der Waals surface area (Å²) in [4.78, 5) is 30.1. The van der Waals surface area contributed by atoms with E-state index >= 15 is 0 Å². The minimum Gasteiger partial charge on any atom is -0.461 e. The van der Waals surface area contributed by atoms with Gasteiger partial charge in [0.05, 0.1) is 18.1 Å². The minimum atomic E-state index is -0.284. The lowest BCUT2D eigenvalue weighted by atomic mass is 9.85. The van der Waals surface area contributed by atoms with Crippen molar-refractivity contribution in [2.24, 2.45) is 11.8 Å². The van der Waals surface area contributed by atoms with Crippen LogP contribution in [0.15, 0.2) is 35.0 Å². The highest BCUT2D eigenvalue weighted by Crippen LogP contribution is 2.36. The Labute approximate surface area is 119 Å². The molecule has 2 aromatic heterocycles. The number of anilines is 1. The Hall–Kier alpha value is -2.70. The molecule has 21 heavy (non-hydrogen) atoms. The molecule has 1 saturated heterocycles. The first-order valence-electron chi connectivity index (χ1n) is 6.75. The van der Waals surface area contributed by atoms with E-state index in [1.165, 1.54) is 6.26 Å². The van der Waals surface area contributed by atoms with Crippen molar-refractivity contribution in [2.45, 2.75) is 12.8 Å². The fourth-order valence-corrected chi connectivity index (χ4v) is 2.87. The summed E-state index contributed by atoms with van der Waals surface area (Å²) in [6, 6.07) is 3.45. The molecule has 7 heteroatoms. The third-order valence-electron chi connectivity index (χ3n) is 3.94. The van der Waals surface area contributed by atoms with E-state index in [0.29, 0.717) is 24.4 Å². The molecular formula is C14H12N4O3. The zero-order valence-corrected chi connectivity index (χ0v) is 11.0. The van der Waals surface area contributed by atoms with Gasteiger partial charge in [0.2, 0.25) is 11.8 Å². The molecule has 0 unspecified atom stereocenters. The van der Waals surface area contributed by atoms with Gasteiger partial charge in [-0.05, 0) is 25.0 Å². The number of rotatable bonds is 2. The predicted octanol–water partition coefficient (Wildman–Crippen LogP) is 1.52. The average Bonchev–Trinajstić information content (AvgIpc) is 3.21. The molecule has 0 bridgehead atoms. The van der Waals surface area contributed by atoms with Crippen molar-refractivity contribution in [3.63, 3.8) is 0 Å². The van der Waals surface area contributed by atoms with Crippen molar-refractivity contribution < 1.29 is 14.0 Å². The SMILES string of the molecule is O=C1[C@H]2CC=CC[C@H]2C(=O)N1c1n[nH]c(-c2ccco2)n1. The van der Waals surface area contributed by atoms with Crippen LogP contribution in [0.1, 0.15) is 12.8 Å². The van der Waals surface area contributed by atoms with Crippen molar-refractivity contribution in [1.82, 2.24) is 15.2 Å². The standard InChI is InChI=1S/C14H12N4O3/c19-12-8-4-1-2-5-9(8)13(20)18(12)14-15-11(16-17-14)10-6-3-7-21-10/h1-3,6-9H,4-5H2,(H,15,16,17)/t8-,9+.